The molecule has 3 atom stereocenters. The van der Waals surface area contributed by atoms with Gasteiger partial charge >= 0.3 is 6.18 Å². The minimum absolute atomic E-state index is 0.0958. The Hall–Kier alpha value is -2.41. The van der Waals surface area contributed by atoms with Crippen molar-refractivity contribution in [2.45, 2.75) is 88.5 Å². The number of hydrogen-bond donors (Lipinski definition) is 4. The zero-order valence-electron chi connectivity index (χ0n) is 20.6. The van der Waals surface area contributed by atoms with Gasteiger partial charge in [-0.3, -0.25) is 19.4 Å². The maximum absolute atomic E-state index is 13.1. The van der Waals surface area contributed by atoms with Gasteiger partial charge < -0.3 is 32.2 Å². The molecule has 0 aromatic rings. The average molecular weight is 521 g/mol. The summed E-state index contributed by atoms with van der Waals surface area (Å²) in [6, 6.07) is -2.60. The average Bonchev–Trinajstić information content (AvgIpc) is 3.30. The van der Waals surface area contributed by atoms with Crippen molar-refractivity contribution < 1.29 is 32.3 Å². The predicted molar refractivity (Wildman–Crippen MR) is 128 cm³/mol. The number of carbonyl (C=O) groups excluding carboxylic acids is 3. The molecule has 7 N–H and O–H groups in total. The van der Waals surface area contributed by atoms with Crippen molar-refractivity contribution >= 4 is 23.6 Å². The number of alkyl halides is 3. The molecule has 1 unspecified atom stereocenters. The van der Waals surface area contributed by atoms with Crippen molar-refractivity contribution in [1.82, 2.24) is 10.2 Å². The van der Waals surface area contributed by atoms with E-state index in [1.807, 2.05) is 0 Å². The maximum atomic E-state index is 13.1. The van der Waals surface area contributed by atoms with Crippen molar-refractivity contribution in [2.75, 3.05) is 26.3 Å². The van der Waals surface area contributed by atoms with Crippen LogP contribution in [0.5, 0.6) is 0 Å². The summed E-state index contributed by atoms with van der Waals surface area (Å²) >= 11 is 0. The molecule has 206 valence electrons. The molecule has 0 aromatic heterocycles. The highest BCUT2D eigenvalue weighted by molar-refractivity contribution is 5.94. The van der Waals surface area contributed by atoms with E-state index in [1.54, 1.807) is 0 Å². The lowest BCUT2D eigenvalue weighted by Gasteiger charge is -2.30. The molecule has 1 saturated carbocycles. The van der Waals surface area contributed by atoms with Crippen molar-refractivity contribution in [3.63, 3.8) is 0 Å². The predicted octanol–water partition coefficient (Wildman–Crippen LogP) is 0.962. The first kappa shape index (κ1) is 29.8. The summed E-state index contributed by atoms with van der Waals surface area (Å²) in [5, 5.41) is 2.60. The highest BCUT2D eigenvalue weighted by Gasteiger charge is 2.38. The number of Topliss-reactive ketones (excluding diaryl/α,β-unsaturated/α-hetero) is 1. The second-order valence-electron chi connectivity index (χ2n) is 9.62. The van der Waals surface area contributed by atoms with Crippen LogP contribution in [0.3, 0.4) is 0 Å². The lowest BCUT2D eigenvalue weighted by atomic mass is 9.84. The first-order valence-corrected chi connectivity index (χ1v) is 12.6. The van der Waals surface area contributed by atoms with Gasteiger partial charge in [0.15, 0.2) is 11.7 Å². The lowest BCUT2D eigenvalue weighted by Crippen LogP contribution is -2.54. The summed E-state index contributed by atoms with van der Waals surface area (Å²) in [5.74, 6) is -1.28. The molecule has 1 aliphatic carbocycles. The smallest absolute Gasteiger partial charge is 0.370 e. The van der Waals surface area contributed by atoms with Gasteiger partial charge in [0.25, 0.3) is 0 Å². The number of nitrogens with two attached hydrogens (primary N) is 3. The first-order chi connectivity index (χ1) is 17.0. The molecular weight excluding hydrogens is 481 g/mol. The van der Waals surface area contributed by atoms with Gasteiger partial charge in [-0.25, -0.2) is 0 Å². The van der Waals surface area contributed by atoms with E-state index < -0.39 is 49.2 Å². The molecular formula is C23H39F3N6O4. The third kappa shape index (κ3) is 10.3. The number of hydrogen-bond acceptors (Lipinski definition) is 6. The normalized spacial score (nSPS) is 20.6. The largest absolute Gasteiger partial charge is 0.411 e. The van der Waals surface area contributed by atoms with Gasteiger partial charge in [0.05, 0.1) is 12.1 Å². The third-order valence-electron chi connectivity index (χ3n) is 6.63. The molecule has 0 aromatic carbocycles. The Balaban J connectivity index is 1.98. The van der Waals surface area contributed by atoms with Crippen LogP contribution in [0.25, 0.3) is 0 Å². The van der Waals surface area contributed by atoms with E-state index in [0.717, 1.165) is 25.7 Å². The maximum Gasteiger partial charge on any atom is 0.411 e. The third-order valence-corrected chi connectivity index (χ3v) is 6.63. The fraction of sp³-hybridized carbons (Fsp3) is 0.826. The van der Waals surface area contributed by atoms with Crippen LogP contribution in [0.4, 0.5) is 13.2 Å². The van der Waals surface area contributed by atoms with E-state index in [2.05, 4.69) is 15.0 Å². The van der Waals surface area contributed by atoms with Crippen LogP contribution in [0.1, 0.15) is 64.2 Å². The summed E-state index contributed by atoms with van der Waals surface area (Å²) in [6.45, 7) is -1.83. The highest BCUT2D eigenvalue weighted by atomic mass is 19.4. The molecule has 0 bridgehead atoms. The Morgan fingerprint density at radius 3 is 2.42 bits per heavy atom. The standard InChI is InChI=1S/C23H39F3N6O4/c24-23(25,26)14-36-13-19(33)17(8-4-10-30-22(28)29)31-20(34)18-9-5-11-32(18)21(35)16(27)12-15-6-2-1-3-7-15/h15-18H,1-14,27H2,(H,31,34)(H4,28,29,30)/t16-,17?,18+/m1/s1. The number of amides is 2. The minimum Gasteiger partial charge on any atom is -0.370 e. The fourth-order valence-corrected chi connectivity index (χ4v) is 4.85. The zero-order valence-corrected chi connectivity index (χ0v) is 20.6. The van der Waals surface area contributed by atoms with E-state index in [4.69, 9.17) is 17.2 Å². The quantitative estimate of drug-likeness (QED) is 0.159. The molecule has 2 rings (SSSR count). The van der Waals surface area contributed by atoms with E-state index in [1.165, 1.54) is 11.3 Å². The molecule has 2 amide bonds. The SMILES string of the molecule is NC(N)=NCCCC(NC(=O)[C@@H]1CCCN1C(=O)[C@H](N)CC1CCCCC1)C(=O)COCC(F)(F)F. The topological polar surface area (TPSA) is 166 Å². The monoisotopic (exact) mass is 520 g/mol. The zero-order chi connectivity index (χ0) is 26.7. The van der Waals surface area contributed by atoms with Gasteiger partial charge in [0.2, 0.25) is 11.8 Å². The molecule has 1 heterocycles. The lowest BCUT2D eigenvalue weighted by molar-refractivity contribution is -0.175. The molecule has 0 spiro atoms. The number of rotatable bonds is 13. The van der Waals surface area contributed by atoms with Crippen molar-refractivity contribution in [3.8, 4) is 0 Å². The second kappa shape index (κ2) is 14.4. The Morgan fingerprint density at radius 1 is 1.08 bits per heavy atom. The highest BCUT2D eigenvalue weighted by Crippen LogP contribution is 2.28. The van der Waals surface area contributed by atoms with Crippen LogP contribution < -0.4 is 22.5 Å². The summed E-state index contributed by atoms with van der Waals surface area (Å²) in [6.07, 6.45) is 2.96. The van der Waals surface area contributed by atoms with Crippen LogP contribution in [0.15, 0.2) is 4.99 Å². The van der Waals surface area contributed by atoms with E-state index in [9.17, 15) is 27.6 Å². The number of nitrogens with zero attached hydrogens (tertiary/aromatic N) is 2. The van der Waals surface area contributed by atoms with Gasteiger partial charge in [0, 0.05) is 13.1 Å². The number of halogens is 3. The van der Waals surface area contributed by atoms with Crippen LogP contribution in [-0.4, -0.2) is 79.1 Å². The second-order valence-corrected chi connectivity index (χ2v) is 9.62. The van der Waals surface area contributed by atoms with Gasteiger partial charge in [0.1, 0.15) is 19.3 Å². The number of aliphatic imine (C=N–C) groups is 1. The van der Waals surface area contributed by atoms with Gasteiger partial charge in [-0.15, -0.1) is 0 Å². The van der Waals surface area contributed by atoms with Crippen molar-refractivity contribution in [2.24, 2.45) is 28.1 Å². The molecule has 13 heteroatoms. The molecule has 1 aliphatic heterocycles. The van der Waals surface area contributed by atoms with Crippen LogP contribution in [-0.2, 0) is 19.1 Å². The number of nitrogens with one attached hydrogen (secondary N) is 1. The Kier molecular flexibility index (Phi) is 11.9. The minimum atomic E-state index is -4.58. The van der Waals surface area contributed by atoms with Gasteiger partial charge in [-0.05, 0) is 38.0 Å². The number of ether oxygens (including phenoxy) is 1. The fourth-order valence-electron chi connectivity index (χ4n) is 4.85. The Labute approximate surface area is 209 Å². The summed E-state index contributed by atoms with van der Waals surface area (Å²) in [5.41, 5.74) is 16.8. The number of carbonyl (C=O) groups is 3. The van der Waals surface area contributed by atoms with Crippen molar-refractivity contribution in [3.05, 3.63) is 0 Å². The summed E-state index contributed by atoms with van der Waals surface area (Å²) < 4.78 is 41.6. The Morgan fingerprint density at radius 2 is 1.78 bits per heavy atom. The van der Waals surface area contributed by atoms with Crippen LogP contribution >= 0.6 is 0 Å². The summed E-state index contributed by atoms with van der Waals surface area (Å²) in [7, 11) is 0. The molecule has 2 fully saturated rings. The summed E-state index contributed by atoms with van der Waals surface area (Å²) in [4.78, 5) is 44.0. The van der Waals surface area contributed by atoms with Crippen LogP contribution in [0, 0.1) is 5.92 Å². The molecule has 10 nitrogen and oxygen atoms in total. The van der Waals surface area contributed by atoms with Gasteiger partial charge in [-0.1, -0.05) is 32.1 Å². The van der Waals surface area contributed by atoms with E-state index in [-0.39, 0.29) is 24.8 Å². The number of likely N-dealkylation sites (tertiary alicyclic amines) is 1. The van der Waals surface area contributed by atoms with E-state index in [0.29, 0.717) is 38.1 Å². The molecule has 0 radical (unpaired) electrons. The number of guanidine groups is 1. The Bertz CT molecular complexity index is 769. The molecule has 36 heavy (non-hydrogen) atoms. The molecule has 2 aliphatic rings. The number of ketones is 1. The van der Waals surface area contributed by atoms with E-state index >= 15 is 0 Å². The van der Waals surface area contributed by atoms with Gasteiger partial charge in [-0.2, -0.15) is 13.2 Å². The van der Waals surface area contributed by atoms with Crippen molar-refractivity contribution in [1.29, 1.82) is 0 Å². The first-order valence-electron chi connectivity index (χ1n) is 12.6. The van der Waals surface area contributed by atoms with Crippen LogP contribution in [0.2, 0.25) is 0 Å². The molecule has 1 saturated heterocycles.